The van der Waals surface area contributed by atoms with Crippen LogP contribution in [0.15, 0.2) is 46.0 Å². The number of piperazine rings is 1. The highest BCUT2D eigenvalue weighted by molar-refractivity contribution is 7.98. The van der Waals surface area contributed by atoms with Gasteiger partial charge in [-0.2, -0.15) is 11.3 Å². The van der Waals surface area contributed by atoms with E-state index in [-0.39, 0.29) is 5.91 Å². The van der Waals surface area contributed by atoms with E-state index in [0.717, 1.165) is 38.4 Å². The summed E-state index contributed by atoms with van der Waals surface area (Å²) in [6.07, 6.45) is 2.05. The molecule has 0 unspecified atom stereocenters. The van der Waals surface area contributed by atoms with Gasteiger partial charge in [0.25, 0.3) is 0 Å². The Bertz CT molecular complexity index is 635. The van der Waals surface area contributed by atoms with Crippen molar-refractivity contribution in [2.45, 2.75) is 11.4 Å². The molecule has 2 aromatic rings. The van der Waals surface area contributed by atoms with Gasteiger partial charge in [0.15, 0.2) is 0 Å². The summed E-state index contributed by atoms with van der Waals surface area (Å²) in [4.78, 5) is 18.1. The van der Waals surface area contributed by atoms with Crippen LogP contribution in [0, 0.1) is 0 Å². The largest absolute Gasteiger partial charge is 0.325 e. The number of rotatable bonds is 6. The summed E-state index contributed by atoms with van der Waals surface area (Å²) >= 11 is 3.45. The Morgan fingerprint density at radius 1 is 1.12 bits per heavy atom. The minimum atomic E-state index is 0.0678. The summed E-state index contributed by atoms with van der Waals surface area (Å²) < 4.78 is 0. The van der Waals surface area contributed by atoms with Gasteiger partial charge >= 0.3 is 0 Å². The molecule has 6 heteroatoms. The molecule has 4 nitrogen and oxygen atoms in total. The number of thioether (sulfide) groups is 1. The van der Waals surface area contributed by atoms with Crippen molar-refractivity contribution in [3.05, 3.63) is 46.7 Å². The first-order chi connectivity index (χ1) is 11.7. The number of thiophene rings is 1. The van der Waals surface area contributed by atoms with Crippen LogP contribution in [-0.2, 0) is 11.3 Å². The van der Waals surface area contributed by atoms with Crippen LogP contribution in [0.1, 0.15) is 5.56 Å². The molecule has 0 aliphatic carbocycles. The SMILES string of the molecule is CSc1ccc(NC(=O)CN2CCN(Cc3ccsc3)CC2)cc1. The molecule has 1 amide bonds. The fourth-order valence-corrected chi connectivity index (χ4v) is 3.89. The molecule has 1 fully saturated rings. The molecule has 1 aliphatic rings. The molecule has 1 aromatic carbocycles. The number of nitrogens with zero attached hydrogens (tertiary/aromatic N) is 2. The minimum Gasteiger partial charge on any atom is -0.325 e. The van der Waals surface area contributed by atoms with Crippen LogP contribution >= 0.6 is 23.1 Å². The molecule has 0 spiro atoms. The van der Waals surface area contributed by atoms with E-state index in [2.05, 4.69) is 31.9 Å². The van der Waals surface area contributed by atoms with Crippen LogP contribution in [-0.4, -0.2) is 54.7 Å². The molecule has 2 heterocycles. The van der Waals surface area contributed by atoms with Crippen LogP contribution in [0.25, 0.3) is 0 Å². The Balaban J connectivity index is 1.41. The number of carbonyl (C=O) groups excluding carboxylic acids is 1. The van der Waals surface area contributed by atoms with Gasteiger partial charge in [0.1, 0.15) is 0 Å². The van der Waals surface area contributed by atoms with Gasteiger partial charge < -0.3 is 5.32 Å². The zero-order valence-electron chi connectivity index (χ0n) is 13.9. The van der Waals surface area contributed by atoms with Crippen LogP contribution in [0.4, 0.5) is 5.69 Å². The van der Waals surface area contributed by atoms with E-state index < -0.39 is 0 Å². The maximum Gasteiger partial charge on any atom is 0.238 e. The average Bonchev–Trinajstić information content (AvgIpc) is 3.10. The van der Waals surface area contributed by atoms with Gasteiger partial charge in [0, 0.05) is 43.3 Å². The van der Waals surface area contributed by atoms with Crippen molar-refractivity contribution in [2.75, 3.05) is 44.3 Å². The molecule has 1 N–H and O–H groups in total. The number of anilines is 1. The molecule has 1 aromatic heterocycles. The molecule has 1 aliphatic heterocycles. The predicted molar refractivity (Wildman–Crippen MR) is 103 cm³/mol. The molecule has 3 rings (SSSR count). The first-order valence-corrected chi connectivity index (χ1v) is 10.3. The second kappa shape index (κ2) is 8.67. The Kier molecular flexibility index (Phi) is 6.31. The van der Waals surface area contributed by atoms with Crippen LogP contribution in [0.2, 0.25) is 0 Å². The fourth-order valence-electron chi connectivity index (χ4n) is 2.82. The summed E-state index contributed by atoms with van der Waals surface area (Å²) in [5, 5.41) is 7.32. The Hall–Kier alpha value is -1.34. The van der Waals surface area contributed by atoms with Crippen molar-refractivity contribution in [2.24, 2.45) is 0 Å². The summed E-state index contributed by atoms with van der Waals surface area (Å²) in [6.45, 7) is 5.42. The number of carbonyl (C=O) groups is 1. The number of hydrogen-bond donors (Lipinski definition) is 1. The van der Waals surface area contributed by atoms with Crippen LogP contribution in [0.5, 0.6) is 0 Å². The second-order valence-electron chi connectivity index (χ2n) is 5.96. The third-order valence-corrected chi connectivity index (χ3v) is 5.67. The van der Waals surface area contributed by atoms with Gasteiger partial charge in [-0.3, -0.25) is 14.6 Å². The Morgan fingerprint density at radius 3 is 2.46 bits per heavy atom. The molecule has 1 saturated heterocycles. The van der Waals surface area contributed by atoms with Gasteiger partial charge in [-0.05, 0) is 52.9 Å². The lowest BCUT2D eigenvalue weighted by Crippen LogP contribution is -2.48. The third kappa shape index (κ3) is 5.08. The summed E-state index contributed by atoms with van der Waals surface area (Å²) in [5.41, 5.74) is 2.26. The topological polar surface area (TPSA) is 35.6 Å². The lowest BCUT2D eigenvalue weighted by Gasteiger charge is -2.34. The number of nitrogens with one attached hydrogen (secondary N) is 1. The van der Waals surface area contributed by atoms with Crippen molar-refractivity contribution in [3.8, 4) is 0 Å². The third-order valence-electron chi connectivity index (χ3n) is 4.19. The van der Waals surface area contributed by atoms with Crippen LogP contribution < -0.4 is 5.32 Å². The van der Waals surface area contributed by atoms with E-state index in [9.17, 15) is 4.79 Å². The molecule has 0 atom stereocenters. The van der Waals surface area contributed by atoms with E-state index in [0.29, 0.717) is 6.54 Å². The molecular formula is C18H23N3OS2. The van der Waals surface area contributed by atoms with Crippen molar-refractivity contribution < 1.29 is 4.79 Å². The Labute approximate surface area is 151 Å². The average molecular weight is 362 g/mol. The number of amides is 1. The highest BCUT2D eigenvalue weighted by atomic mass is 32.2. The van der Waals surface area contributed by atoms with E-state index in [4.69, 9.17) is 0 Å². The lowest BCUT2D eigenvalue weighted by molar-refractivity contribution is -0.117. The van der Waals surface area contributed by atoms with E-state index >= 15 is 0 Å². The van der Waals surface area contributed by atoms with E-state index in [1.54, 1.807) is 23.1 Å². The molecule has 0 bridgehead atoms. The summed E-state index contributed by atoms with van der Waals surface area (Å²) in [5.74, 6) is 0.0678. The highest BCUT2D eigenvalue weighted by Gasteiger charge is 2.19. The second-order valence-corrected chi connectivity index (χ2v) is 7.62. The molecular weight excluding hydrogens is 338 g/mol. The summed E-state index contributed by atoms with van der Waals surface area (Å²) in [6, 6.07) is 10.2. The number of benzene rings is 1. The van der Waals surface area contributed by atoms with Crippen molar-refractivity contribution in [3.63, 3.8) is 0 Å². The van der Waals surface area contributed by atoms with Gasteiger partial charge in [-0.15, -0.1) is 11.8 Å². The molecule has 0 saturated carbocycles. The van der Waals surface area contributed by atoms with Gasteiger partial charge in [-0.1, -0.05) is 0 Å². The van der Waals surface area contributed by atoms with Crippen molar-refractivity contribution >= 4 is 34.7 Å². The monoisotopic (exact) mass is 361 g/mol. The normalized spacial score (nSPS) is 16.2. The van der Waals surface area contributed by atoms with Crippen molar-refractivity contribution in [1.29, 1.82) is 0 Å². The van der Waals surface area contributed by atoms with Crippen LogP contribution in [0.3, 0.4) is 0 Å². The van der Waals surface area contributed by atoms with Crippen molar-refractivity contribution in [1.82, 2.24) is 9.80 Å². The number of hydrogen-bond acceptors (Lipinski definition) is 5. The molecule has 128 valence electrons. The van der Waals surface area contributed by atoms with E-state index in [1.165, 1.54) is 10.5 Å². The first-order valence-electron chi connectivity index (χ1n) is 8.12. The Morgan fingerprint density at radius 2 is 1.83 bits per heavy atom. The fraction of sp³-hybridized carbons (Fsp3) is 0.389. The molecule has 0 radical (unpaired) electrons. The minimum absolute atomic E-state index is 0.0678. The standard InChI is InChI=1S/C18H23N3OS2/c1-23-17-4-2-16(3-5-17)19-18(22)13-21-9-7-20(8-10-21)12-15-6-11-24-14-15/h2-6,11,14H,7-10,12-13H2,1H3,(H,19,22). The molecule has 24 heavy (non-hydrogen) atoms. The highest BCUT2D eigenvalue weighted by Crippen LogP contribution is 2.17. The zero-order chi connectivity index (χ0) is 16.8. The first kappa shape index (κ1) is 17.5. The smallest absolute Gasteiger partial charge is 0.238 e. The maximum absolute atomic E-state index is 12.2. The van der Waals surface area contributed by atoms with Gasteiger partial charge in [-0.25, -0.2) is 0 Å². The summed E-state index contributed by atoms with van der Waals surface area (Å²) in [7, 11) is 0. The quantitative estimate of drug-likeness (QED) is 0.802. The van der Waals surface area contributed by atoms with E-state index in [1.807, 2.05) is 30.5 Å². The maximum atomic E-state index is 12.2. The predicted octanol–water partition coefficient (Wildman–Crippen LogP) is 3.23. The zero-order valence-corrected chi connectivity index (χ0v) is 15.5. The van der Waals surface area contributed by atoms with Gasteiger partial charge in [0.2, 0.25) is 5.91 Å². The van der Waals surface area contributed by atoms with Gasteiger partial charge in [0.05, 0.1) is 6.54 Å². The lowest BCUT2D eigenvalue weighted by atomic mass is 10.2.